The molecule has 1 aliphatic heterocycles. The molecule has 0 aliphatic carbocycles. The highest BCUT2D eigenvalue weighted by Crippen LogP contribution is 2.23. The molecule has 15 heavy (non-hydrogen) atoms. The molecule has 1 heterocycles. The predicted molar refractivity (Wildman–Crippen MR) is 64.1 cm³/mol. The summed E-state index contributed by atoms with van der Waals surface area (Å²) in [6, 6.07) is 0.537. The Hall–Kier alpha value is -0.120. The molecule has 0 aromatic carbocycles. The molecule has 1 aliphatic rings. The van der Waals surface area contributed by atoms with E-state index >= 15 is 0 Å². The van der Waals surface area contributed by atoms with Crippen LogP contribution in [-0.2, 0) is 4.74 Å². The van der Waals surface area contributed by atoms with Gasteiger partial charge in [0.25, 0.3) is 0 Å². The fraction of sp³-hybridized carbons (Fsp3) is 1.00. The third-order valence-corrected chi connectivity index (χ3v) is 3.68. The molecule has 0 bridgehead atoms. The number of piperidine rings is 1. The molecular formula is C12H26N2O. The van der Waals surface area contributed by atoms with Gasteiger partial charge in [-0.2, -0.15) is 0 Å². The molecule has 0 aromatic heterocycles. The summed E-state index contributed by atoms with van der Waals surface area (Å²) in [4.78, 5) is 2.57. The Morgan fingerprint density at radius 3 is 2.67 bits per heavy atom. The van der Waals surface area contributed by atoms with Crippen molar-refractivity contribution in [1.29, 1.82) is 0 Å². The summed E-state index contributed by atoms with van der Waals surface area (Å²) < 4.78 is 5.29. The second-order valence-electron chi connectivity index (χ2n) is 4.91. The molecule has 1 fully saturated rings. The van der Waals surface area contributed by atoms with Crippen LogP contribution in [0.15, 0.2) is 0 Å². The quantitative estimate of drug-likeness (QED) is 0.744. The van der Waals surface area contributed by atoms with Crippen molar-refractivity contribution in [2.24, 2.45) is 11.8 Å². The second-order valence-corrected chi connectivity index (χ2v) is 4.91. The average molecular weight is 214 g/mol. The Morgan fingerprint density at radius 2 is 2.13 bits per heavy atom. The fourth-order valence-electron chi connectivity index (χ4n) is 2.35. The van der Waals surface area contributed by atoms with Crippen LogP contribution >= 0.6 is 0 Å². The second kappa shape index (κ2) is 6.46. The van der Waals surface area contributed by atoms with Gasteiger partial charge in [0.15, 0.2) is 0 Å². The number of likely N-dealkylation sites (tertiary alicyclic amines) is 1. The minimum absolute atomic E-state index is 0.537. The lowest BCUT2D eigenvalue weighted by Gasteiger charge is -2.39. The summed E-state index contributed by atoms with van der Waals surface area (Å²) in [5, 5.41) is 3.25. The zero-order valence-electron chi connectivity index (χ0n) is 10.6. The van der Waals surface area contributed by atoms with Crippen LogP contribution in [0.4, 0.5) is 0 Å². The molecule has 0 amide bonds. The number of rotatable bonds is 5. The average Bonchev–Trinajstić information content (AvgIpc) is 2.22. The third-order valence-electron chi connectivity index (χ3n) is 3.68. The summed E-state index contributed by atoms with van der Waals surface area (Å²) in [7, 11) is 3.80. The summed E-state index contributed by atoms with van der Waals surface area (Å²) >= 11 is 0. The fourth-order valence-corrected chi connectivity index (χ4v) is 2.35. The van der Waals surface area contributed by atoms with Crippen LogP contribution in [0.2, 0.25) is 0 Å². The van der Waals surface area contributed by atoms with Crippen LogP contribution in [0.3, 0.4) is 0 Å². The molecule has 1 rings (SSSR count). The summed E-state index contributed by atoms with van der Waals surface area (Å²) in [6.07, 6.45) is 1.32. The molecule has 1 N–H and O–H groups in total. The molecule has 3 nitrogen and oxygen atoms in total. The highest BCUT2D eigenvalue weighted by molar-refractivity contribution is 4.81. The smallest absolute Gasteiger partial charge is 0.0630 e. The number of nitrogens with one attached hydrogen (secondary N) is 1. The number of hydrogen-bond acceptors (Lipinski definition) is 3. The van der Waals surface area contributed by atoms with Crippen molar-refractivity contribution in [2.75, 3.05) is 40.4 Å². The summed E-state index contributed by atoms with van der Waals surface area (Å²) in [5.74, 6) is 1.69. The molecule has 0 spiro atoms. The van der Waals surface area contributed by atoms with E-state index in [1.165, 1.54) is 19.5 Å². The zero-order chi connectivity index (χ0) is 11.3. The molecule has 3 unspecified atom stereocenters. The van der Waals surface area contributed by atoms with Crippen LogP contribution < -0.4 is 5.32 Å². The van der Waals surface area contributed by atoms with Crippen molar-refractivity contribution < 1.29 is 4.74 Å². The molecule has 0 aromatic rings. The number of nitrogens with zero attached hydrogens (tertiary/aromatic N) is 1. The van der Waals surface area contributed by atoms with Gasteiger partial charge in [0, 0.05) is 26.2 Å². The monoisotopic (exact) mass is 214 g/mol. The van der Waals surface area contributed by atoms with Crippen molar-refractivity contribution in [3.05, 3.63) is 0 Å². The maximum atomic E-state index is 5.29. The van der Waals surface area contributed by atoms with Crippen LogP contribution in [0, 0.1) is 11.8 Å². The van der Waals surface area contributed by atoms with Gasteiger partial charge in [-0.3, -0.25) is 4.90 Å². The van der Waals surface area contributed by atoms with Gasteiger partial charge in [0.1, 0.15) is 0 Å². The largest absolute Gasteiger partial charge is 0.383 e. The molecule has 90 valence electrons. The Morgan fingerprint density at radius 1 is 1.40 bits per heavy atom. The maximum Gasteiger partial charge on any atom is 0.0630 e. The first-order valence-corrected chi connectivity index (χ1v) is 6.06. The molecule has 0 saturated carbocycles. The highest BCUT2D eigenvalue weighted by atomic mass is 16.5. The van der Waals surface area contributed by atoms with E-state index < -0.39 is 0 Å². The van der Waals surface area contributed by atoms with Crippen LogP contribution in [0.1, 0.15) is 20.3 Å². The minimum Gasteiger partial charge on any atom is -0.383 e. The van der Waals surface area contributed by atoms with Gasteiger partial charge in [0.2, 0.25) is 0 Å². The summed E-state index contributed by atoms with van der Waals surface area (Å²) in [6.45, 7) is 9.03. The molecule has 3 atom stereocenters. The predicted octanol–water partition coefficient (Wildman–Crippen LogP) is 1.20. The Labute approximate surface area is 94.2 Å². The minimum atomic E-state index is 0.537. The molecule has 0 radical (unpaired) electrons. The Balaban J connectivity index is 2.45. The van der Waals surface area contributed by atoms with Crippen molar-refractivity contribution in [3.63, 3.8) is 0 Å². The lowest BCUT2D eigenvalue weighted by Crippen LogP contribution is -2.50. The van der Waals surface area contributed by atoms with Gasteiger partial charge in [-0.1, -0.05) is 13.8 Å². The van der Waals surface area contributed by atoms with E-state index in [1.807, 2.05) is 7.05 Å². The van der Waals surface area contributed by atoms with E-state index in [4.69, 9.17) is 4.74 Å². The van der Waals surface area contributed by atoms with Gasteiger partial charge >= 0.3 is 0 Å². The van der Waals surface area contributed by atoms with Gasteiger partial charge in [-0.05, 0) is 31.8 Å². The first kappa shape index (κ1) is 12.9. The normalized spacial score (nSPS) is 30.4. The molecule has 1 saturated heterocycles. The topological polar surface area (TPSA) is 24.5 Å². The van der Waals surface area contributed by atoms with Crippen LogP contribution in [-0.4, -0.2) is 51.3 Å². The standard InChI is InChI=1S/C12H26N2O/c1-10-5-6-14(8-11(10)2)12(7-13-3)9-15-4/h10-13H,5-9H2,1-4H3. The zero-order valence-corrected chi connectivity index (χ0v) is 10.6. The third kappa shape index (κ3) is 3.74. The van der Waals surface area contributed by atoms with Gasteiger partial charge < -0.3 is 10.1 Å². The van der Waals surface area contributed by atoms with Crippen LogP contribution in [0.5, 0.6) is 0 Å². The van der Waals surface area contributed by atoms with Crippen LogP contribution in [0.25, 0.3) is 0 Å². The maximum absolute atomic E-state index is 5.29. The lowest BCUT2D eigenvalue weighted by atomic mass is 9.88. The molecule has 3 heteroatoms. The van der Waals surface area contributed by atoms with E-state index in [-0.39, 0.29) is 0 Å². The van der Waals surface area contributed by atoms with Crippen molar-refractivity contribution in [3.8, 4) is 0 Å². The number of methoxy groups -OCH3 is 1. The van der Waals surface area contributed by atoms with E-state index in [1.54, 1.807) is 7.11 Å². The van der Waals surface area contributed by atoms with E-state index in [9.17, 15) is 0 Å². The summed E-state index contributed by atoms with van der Waals surface area (Å²) in [5.41, 5.74) is 0. The Bertz CT molecular complexity index is 169. The van der Waals surface area contributed by atoms with Gasteiger partial charge in [-0.15, -0.1) is 0 Å². The Kier molecular flexibility index (Phi) is 5.58. The number of hydrogen-bond donors (Lipinski definition) is 1. The van der Waals surface area contributed by atoms with Crippen molar-refractivity contribution >= 4 is 0 Å². The lowest BCUT2D eigenvalue weighted by molar-refractivity contribution is 0.0468. The first-order valence-electron chi connectivity index (χ1n) is 6.06. The van der Waals surface area contributed by atoms with E-state index in [0.29, 0.717) is 6.04 Å². The number of likely N-dealkylation sites (N-methyl/N-ethyl adjacent to an activating group) is 1. The van der Waals surface area contributed by atoms with Gasteiger partial charge in [0.05, 0.1) is 6.61 Å². The number of ether oxygens (including phenoxy) is 1. The SMILES string of the molecule is CNCC(COC)N1CCC(C)C(C)C1. The molecular weight excluding hydrogens is 188 g/mol. The van der Waals surface area contributed by atoms with Gasteiger partial charge in [-0.25, -0.2) is 0 Å². The van der Waals surface area contributed by atoms with E-state index in [0.717, 1.165) is 25.0 Å². The van der Waals surface area contributed by atoms with E-state index in [2.05, 4.69) is 24.1 Å². The first-order chi connectivity index (χ1) is 7.19. The highest BCUT2D eigenvalue weighted by Gasteiger charge is 2.27. The van der Waals surface area contributed by atoms with Crippen molar-refractivity contribution in [1.82, 2.24) is 10.2 Å². The van der Waals surface area contributed by atoms with Crippen molar-refractivity contribution in [2.45, 2.75) is 26.3 Å².